The molecule has 1 heterocycles. The van der Waals surface area contributed by atoms with Gasteiger partial charge in [0.2, 0.25) is 5.91 Å². The van der Waals surface area contributed by atoms with Gasteiger partial charge < -0.3 is 5.32 Å². The molecule has 1 aliphatic rings. The van der Waals surface area contributed by atoms with Crippen molar-refractivity contribution in [1.82, 2.24) is 0 Å². The van der Waals surface area contributed by atoms with E-state index in [1.807, 2.05) is 50.2 Å². The summed E-state index contributed by atoms with van der Waals surface area (Å²) in [6.45, 7) is 3.84. The molecular weight excluding hydrogens is 389 g/mol. The predicted octanol–water partition coefficient (Wildman–Crippen LogP) is 5.30. The Morgan fingerprint density at radius 1 is 1.08 bits per heavy atom. The summed E-state index contributed by atoms with van der Waals surface area (Å²) in [5.41, 5.74) is 1.76. The number of nitrogens with one attached hydrogen (secondary N) is 1. The van der Waals surface area contributed by atoms with E-state index >= 15 is 0 Å². The first-order valence-corrected chi connectivity index (χ1v) is 9.71. The van der Waals surface area contributed by atoms with Crippen LogP contribution in [-0.4, -0.2) is 28.1 Å². The second-order valence-corrected chi connectivity index (χ2v) is 7.98. The van der Waals surface area contributed by atoms with Crippen molar-refractivity contribution in [2.24, 2.45) is 9.98 Å². The molecule has 0 aromatic heterocycles. The van der Waals surface area contributed by atoms with Gasteiger partial charge in [0.1, 0.15) is 10.7 Å². The molecule has 0 bridgehead atoms. The van der Waals surface area contributed by atoms with Crippen LogP contribution in [-0.2, 0) is 4.79 Å². The number of rotatable bonds is 4. The Hall–Kier alpha value is -1.82. The second kappa shape index (κ2) is 7.82. The quantitative estimate of drug-likeness (QED) is 0.749. The fourth-order valence-electron chi connectivity index (χ4n) is 2.43. The summed E-state index contributed by atoms with van der Waals surface area (Å²) in [6, 6.07) is 14.7. The maximum absolute atomic E-state index is 12.2. The van der Waals surface area contributed by atoms with Crippen LogP contribution in [0.2, 0.25) is 10.0 Å². The van der Waals surface area contributed by atoms with E-state index in [2.05, 4.69) is 15.3 Å². The van der Waals surface area contributed by atoms with Crippen LogP contribution in [0.1, 0.15) is 19.4 Å². The van der Waals surface area contributed by atoms with Crippen LogP contribution in [0.4, 0.5) is 5.69 Å². The maximum Gasteiger partial charge on any atom is 0.234 e. The first-order valence-electron chi connectivity index (χ1n) is 7.97. The molecule has 26 heavy (non-hydrogen) atoms. The Balaban J connectivity index is 1.72. The molecule has 1 N–H and O–H groups in total. The van der Waals surface area contributed by atoms with Crippen molar-refractivity contribution in [3.8, 4) is 0 Å². The number of nitrogens with zero attached hydrogens (tertiary/aromatic N) is 2. The Morgan fingerprint density at radius 3 is 2.50 bits per heavy atom. The van der Waals surface area contributed by atoms with Gasteiger partial charge in [-0.15, -0.1) is 0 Å². The van der Waals surface area contributed by atoms with E-state index in [0.717, 1.165) is 22.0 Å². The Bertz CT molecular complexity index is 895. The van der Waals surface area contributed by atoms with Crippen molar-refractivity contribution >= 4 is 57.3 Å². The van der Waals surface area contributed by atoms with Gasteiger partial charge >= 0.3 is 0 Å². The monoisotopic (exact) mass is 405 g/mol. The van der Waals surface area contributed by atoms with Crippen LogP contribution in [0.5, 0.6) is 0 Å². The highest BCUT2D eigenvalue weighted by Gasteiger charge is 2.28. The normalized spacial score (nSPS) is 15.4. The maximum atomic E-state index is 12.2. The standard InChI is InChI=1S/C19H17Cl2N3OS/c1-19(2)23-17(12-8-9-14(20)15(21)10-12)18(24-19)26-11-16(25)22-13-6-4-3-5-7-13/h3-10H,11H2,1-2H3,(H,22,25). The lowest BCUT2D eigenvalue weighted by molar-refractivity contribution is -0.113. The molecule has 1 aliphatic heterocycles. The van der Waals surface area contributed by atoms with Crippen LogP contribution in [0.15, 0.2) is 58.5 Å². The van der Waals surface area contributed by atoms with Gasteiger partial charge in [-0.3, -0.25) is 9.79 Å². The second-order valence-electron chi connectivity index (χ2n) is 6.20. The Morgan fingerprint density at radius 2 is 1.81 bits per heavy atom. The minimum atomic E-state index is -0.570. The molecule has 7 heteroatoms. The van der Waals surface area contributed by atoms with Crippen molar-refractivity contribution in [3.63, 3.8) is 0 Å². The number of para-hydroxylation sites is 1. The zero-order valence-corrected chi connectivity index (χ0v) is 16.6. The van der Waals surface area contributed by atoms with Crippen LogP contribution in [0, 0.1) is 0 Å². The SMILES string of the molecule is CC1(C)N=C(SCC(=O)Nc2ccccc2)C(c2ccc(Cl)c(Cl)c2)=N1. The summed E-state index contributed by atoms with van der Waals surface area (Å²) in [4.78, 5) is 21.5. The molecule has 0 saturated heterocycles. The molecule has 4 nitrogen and oxygen atoms in total. The lowest BCUT2D eigenvalue weighted by Crippen LogP contribution is -2.17. The number of thioether (sulfide) groups is 1. The molecule has 0 saturated carbocycles. The summed E-state index contributed by atoms with van der Waals surface area (Å²) in [5.74, 6) is 0.145. The van der Waals surface area contributed by atoms with Gasteiger partial charge in [-0.2, -0.15) is 0 Å². The Kier molecular flexibility index (Phi) is 5.70. The van der Waals surface area contributed by atoms with E-state index in [9.17, 15) is 4.79 Å². The molecule has 2 aromatic carbocycles. The molecule has 0 unspecified atom stereocenters. The highest BCUT2D eigenvalue weighted by Crippen LogP contribution is 2.29. The number of hydrogen-bond acceptors (Lipinski definition) is 4. The molecule has 0 spiro atoms. The average Bonchev–Trinajstić information content (AvgIpc) is 2.91. The van der Waals surface area contributed by atoms with Gasteiger partial charge in [0, 0.05) is 11.3 Å². The molecule has 134 valence electrons. The van der Waals surface area contributed by atoms with Gasteiger partial charge in [0.05, 0.1) is 21.5 Å². The van der Waals surface area contributed by atoms with Gasteiger partial charge in [-0.1, -0.05) is 59.2 Å². The number of hydrogen-bond donors (Lipinski definition) is 1. The third-order valence-electron chi connectivity index (χ3n) is 3.55. The fourth-order valence-corrected chi connectivity index (χ4v) is 3.66. The van der Waals surface area contributed by atoms with Crippen molar-refractivity contribution in [2.45, 2.75) is 19.5 Å². The zero-order valence-electron chi connectivity index (χ0n) is 14.3. The third-order valence-corrected chi connectivity index (χ3v) is 5.26. The number of carbonyl (C=O) groups is 1. The van der Waals surface area contributed by atoms with Crippen molar-refractivity contribution in [2.75, 3.05) is 11.1 Å². The molecule has 0 fully saturated rings. The zero-order chi connectivity index (χ0) is 18.7. The predicted molar refractivity (Wildman–Crippen MR) is 112 cm³/mol. The van der Waals surface area contributed by atoms with Crippen LogP contribution < -0.4 is 5.32 Å². The number of benzene rings is 2. The average molecular weight is 406 g/mol. The van der Waals surface area contributed by atoms with Crippen LogP contribution in [0.25, 0.3) is 0 Å². The topological polar surface area (TPSA) is 53.8 Å². The van der Waals surface area contributed by atoms with E-state index in [0.29, 0.717) is 10.0 Å². The first kappa shape index (κ1) is 19.0. The minimum Gasteiger partial charge on any atom is -0.325 e. The third kappa shape index (κ3) is 4.67. The number of carbonyl (C=O) groups excluding carboxylic acids is 1. The van der Waals surface area contributed by atoms with E-state index in [4.69, 9.17) is 23.2 Å². The number of anilines is 1. The van der Waals surface area contributed by atoms with E-state index in [-0.39, 0.29) is 11.7 Å². The highest BCUT2D eigenvalue weighted by atomic mass is 35.5. The summed E-state index contributed by atoms with van der Waals surface area (Å²) in [6.07, 6.45) is 0. The number of aliphatic imine (C=N–C) groups is 2. The molecule has 0 radical (unpaired) electrons. The Labute approximate surface area is 166 Å². The van der Waals surface area contributed by atoms with Gasteiger partial charge in [-0.25, -0.2) is 4.99 Å². The fraction of sp³-hybridized carbons (Fsp3) is 0.211. The molecule has 1 amide bonds. The molecule has 0 atom stereocenters. The van der Waals surface area contributed by atoms with Gasteiger partial charge in [-0.05, 0) is 38.1 Å². The van der Waals surface area contributed by atoms with Crippen molar-refractivity contribution in [3.05, 3.63) is 64.1 Å². The van der Waals surface area contributed by atoms with E-state index < -0.39 is 5.66 Å². The first-order chi connectivity index (χ1) is 12.3. The summed E-state index contributed by atoms with van der Waals surface area (Å²) >= 11 is 13.5. The summed E-state index contributed by atoms with van der Waals surface area (Å²) < 4.78 is 0. The van der Waals surface area contributed by atoms with E-state index in [1.165, 1.54) is 11.8 Å². The largest absolute Gasteiger partial charge is 0.325 e. The molecule has 0 aliphatic carbocycles. The van der Waals surface area contributed by atoms with Crippen molar-refractivity contribution in [1.29, 1.82) is 0 Å². The molecule has 2 aromatic rings. The number of amides is 1. The van der Waals surface area contributed by atoms with Crippen molar-refractivity contribution < 1.29 is 4.79 Å². The van der Waals surface area contributed by atoms with Gasteiger partial charge in [0.15, 0.2) is 0 Å². The summed E-state index contributed by atoms with van der Waals surface area (Å²) in [7, 11) is 0. The lowest BCUT2D eigenvalue weighted by atomic mass is 10.1. The highest BCUT2D eigenvalue weighted by molar-refractivity contribution is 8.16. The van der Waals surface area contributed by atoms with Crippen LogP contribution >= 0.6 is 35.0 Å². The lowest BCUT2D eigenvalue weighted by Gasteiger charge is -2.07. The molecule has 3 rings (SSSR count). The summed E-state index contributed by atoms with van der Waals surface area (Å²) in [5, 5.41) is 4.53. The smallest absolute Gasteiger partial charge is 0.234 e. The minimum absolute atomic E-state index is 0.0953. The van der Waals surface area contributed by atoms with E-state index in [1.54, 1.807) is 12.1 Å². The van der Waals surface area contributed by atoms with Crippen LogP contribution in [0.3, 0.4) is 0 Å². The molecular formula is C19H17Cl2N3OS. The number of halogens is 2. The van der Waals surface area contributed by atoms with Gasteiger partial charge in [0.25, 0.3) is 0 Å².